The van der Waals surface area contributed by atoms with Crippen LogP contribution in [-0.4, -0.2) is 19.5 Å². The van der Waals surface area contributed by atoms with Crippen LogP contribution in [0.25, 0.3) is 11.2 Å². The predicted molar refractivity (Wildman–Crippen MR) is 90.0 cm³/mol. The number of aromatic nitrogens is 4. The number of imidazole rings is 1. The maximum atomic E-state index is 6.35. The number of nitrogens with zero attached hydrogens (tertiary/aromatic N) is 4. The van der Waals surface area contributed by atoms with E-state index in [2.05, 4.69) is 49.3 Å². The smallest absolute Gasteiger partial charge is 0.160 e. The molecule has 0 saturated carbocycles. The van der Waals surface area contributed by atoms with Gasteiger partial charge in [0.25, 0.3) is 0 Å². The summed E-state index contributed by atoms with van der Waals surface area (Å²) >= 11 is 11.4. The van der Waals surface area contributed by atoms with E-state index in [0.717, 1.165) is 26.5 Å². The van der Waals surface area contributed by atoms with Crippen LogP contribution < -0.4 is 0 Å². The summed E-state index contributed by atoms with van der Waals surface area (Å²) in [5.74, 6) is 0.803. The third-order valence-corrected chi connectivity index (χ3v) is 5.08. The van der Waals surface area contributed by atoms with E-state index in [0.29, 0.717) is 0 Å². The Kier molecular flexibility index (Phi) is 3.80. The lowest BCUT2D eigenvalue weighted by atomic mass is 10.1. The molecule has 0 spiro atoms. The van der Waals surface area contributed by atoms with Gasteiger partial charge in [0, 0.05) is 22.2 Å². The minimum absolute atomic E-state index is 0.211. The van der Waals surface area contributed by atoms with Gasteiger partial charge in [0.15, 0.2) is 5.65 Å². The summed E-state index contributed by atoms with van der Waals surface area (Å²) < 4.78 is 2.99. The quantitative estimate of drug-likeness (QED) is 0.612. The lowest BCUT2D eigenvalue weighted by Gasteiger charge is -2.27. The molecule has 0 aliphatic rings. The molecule has 1 atom stereocenters. The molecule has 7 heteroatoms. The minimum atomic E-state index is -0.359. The zero-order chi connectivity index (χ0) is 15.2. The Labute approximate surface area is 140 Å². The molecular formula is C14H14BrClN4S. The normalized spacial score (nSPS) is 13.8. The number of thiazole rings is 1. The monoisotopic (exact) mass is 384 g/mol. The van der Waals surface area contributed by atoms with Gasteiger partial charge in [0.1, 0.15) is 16.3 Å². The van der Waals surface area contributed by atoms with Crippen molar-refractivity contribution in [2.24, 2.45) is 0 Å². The van der Waals surface area contributed by atoms with Crippen molar-refractivity contribution in [1.82, 2.24) is 19.5 Å². The highest BCUT2D eigenvalue weighted by molar-refractivity contribution is 9.10. The van der Waals surface area contributed by atoms with Gasteiger partial charge in [-0.05, 0) is 42.8 Å². The maximum Gasteiger partial charge on any atom is 0.160 e. The van der Waals surface area contributed by atoms with Crippen LogP contribution in [0.3, 0.4) is 0 Å². The standard InChI is InChI=1S/C14H14BrClN4S/c1-8(16)11-19-10-6-9(15)7-18-12(10)20(11)14(2,3)13-17-4-5-21-13/h4-8H,1-3H3. The lowest BCUT2D eigenvalue weighted by Crippen LogP contribution is -2.29. The van der Waals surface area contributed by atoms with Crippen LogP contribution >= 0.6 is 38.9 Å². The molecular weight excluding hydrogens is 372 g/mol. The van der Waals surface area contributed by atoms with Crippen molar-refractivity contribution in [2.75, 3.05) is 0 Å². The first-order chi connectivity index (χ1) is 9.91. The fourth-order valence-electron chi connectivity index (χ4n) is 2.40. The topological polar surface area (TPSA) is 43.6 Å². The number of hydrogen-bond acceptors (Lipinski definition) is 4. The lowest BCUT2D eigenvalue weighted by molar-refractivity contribution is 0.427. The van der Waals surface area contributed by atoms with Crippen molar-refractivity contribution in [1.29, 1.82) is 0 Å². The van der Waals surface area contributed by atoms with E-state index < -0.39 is 0 Å². The summed E-state index contributed by atoms with van der Waals surface area (Å²) in [5, 5.41) is 2.77. The summed E-state index contributed by atoms with van der Waals surface area (Å²) in [6.07, 6.45) is 3.59. The van der Waals surface area contributed by atoms with Gasteiger partial charge in [-0.25, -0.2) is 15.0 Å². The molecule has 0 amide bonds. The van der Waals surface area contributed by atoms with Crippen LogP contribution in [-0.2, 0) is 5.54 Å². The van der Waals surface area contributed by atoms with Crippen LogP contribution in [0.1, 0.15) is 37.0 Å². The zero-order valence-electron chi connectivity index (χ0n) is 11.8. The van der Waals surface area contributed by atoms with E-state index in [1.54, 1.807) is 17.5 Å². The molecule has 3 heterocycles. The zero-order valence-corrected chi connectivity index (χ0v) is 15.0. The maximum absolute atomic E-state index is 6.35. The average Bonchev–Trinajstić information content (AvgIpc) is 3.05. The highest BCUT2D eigenvalue weighted by Crippen LogP contribution is 2.35. The van der Waals surface area contributed by atoms with Gasteiger partial charge in [-0.1, -0.05) is 0 Å². The molecule has 0 N–H and O–H groups in total. The average molecular weight is 386 g/mol. The third-order valence-electron chi connectivity index (χ3n) is 3.36. The second-order valence-electron chi connectivity index (χ2n) is 5.31. The SMILES string of the molecule is CC(Cl)c1nc2cc(Br)cnc2n1C(C)(C)c1nccs1. The van der Waals surface area contributed by atoms with Crippen molar-refractivity contribution in [3.8, 4) is 0 Å². The Bertz CT molecular complexity index is 780. The molecule has 0 saturated heterocycles. The Morgan fingerprint density at radius 2 is 2.14 bits per heavy atom. The van der Waals surface area contributed by atoms with Crippen molar-refractivity contribution in [2.45, 2.75) is 31.7 Å². The van der Waals surface area contributed by atoms with Crippen molar-refractivity contribution in [3.63, 3.8) is 0 Å². The molecule has 0 radical (unpaired) electrons. The van der Waals surface area contributed by atoms with E-state index in [-0.39, 0.29) is 10.9 Å². The van der Waals surface area contributed by atoms with Gasteiger partial charge in [-0.3, -0.25) is 4.57 Å². The molecule has 0 bridgehead atoms. The van der Waals surface area contributed by atoms with Gasteiger partial charge < -0.3 is 0 Å². The molecule has 0 aromatic carbocycles. The summed E-state index contributed by atoms with van der Waals surface area (Å²) in [6.45, 7) is 6.14. The third kappa shape index (κ3) is 2.49. The highest BCUT2D eigenvalue weighted by atomic mass is 79.9. The van der Waals surface area contributed by atoms with E-state index in [1.807, 2.05) is 24.6 Å². The number of hydrogen-bond donors (Lipinski definition) is 0. The Hall–Kier alpha value is -0.980. The van der Waals surface area contributed by atoms with Crippen molar-refractivity contribution < 1.29 is 0 Å². The first-order valence-electron chi connectivity index (χ1n) is 6.49. The Morgan fingerprint density at radius 1 is 1.38 bits per heavy atom. The summed E-state index contributed by atoms with van der Waals surface area (Å²) in [7, 11) is 0. The highest BCUT2D eigenvalue weighted by Gasteiger charge is 2.32. The van der Waals surface area contributed by atoms with E-state index in [9.17, 15) is 0 Å². The van der Waals surface area contributed by atoms with E-state index in [4.69, 9.17) is 11.6 Å². The molecule has 3 aromatic heterocycles. The number of rotatable bonds is 3. The van der Waals surface area contributed by atoms with Crippen LogP contribution in [0.2, 0.25) is 0 Å². The Balaban J connectivity index is 2.32. The largest absolute Gasteiger partial charge is 0.299 e. The number of halogens is 2. The molecule has 110 valence electrons. The number of alkyl halides is 1. The fraction of sp³-hybridized carbons (Fsp3) is 0.357. The molecule has 21 heavy (non-hydrogen) atoms. The molecule has 3 aromatic rings. The van der Waals surface area contributed by atoms with E-state index >= 15 is 0 Å². The predicted octanol–water partition coefficient (Wildman–Crippen LogP) is 4.73. The summed E-state index contributed by atoms with van der Waals surface area (Å²) in [4.78, 5) is 13.7. The van der Waals surface area contributed by atoms with Crippen LogP contribution in [0.4, 0.5) is 0 Å². The minimum Gasteiger partial charge on any atom is -0.299 e. The van der Waals surface area contributed by atoms with Crippen molar-refractivity contribution in [3.05, 3.63) is 39.1 Å². The van der Waals surface area contributed by atoms with Crippen molar-refractivity contribution >= 4 is 50.0 Å². The number of fused-ring (bicyclic) bond motifs is 1. The molecule has 1 unspecified atom stereocenters. The van der Waals surface area contributed by atoms with Gasteiger partial charge in [0.05, 0.1) is 10.9 Å². The van der Waals surface area contributed by atoms with Crippen LogP contribution in [0.5, 0.6) is 0 Å². The van der Waals surface area contributed by atoms with Gasteiger partial charge in [-0.2, -0.15) is 0 Å². The second-order valence-corrected chi connectivity index (χ2v) is 7.78. The Morgan fingerprint density at radius 3 is 2.76 bits per heavy atom. The van der Waals surface area contributed by atoms with Gasteiger partial charge in [-0.15, -0.1) is 22.9 Å². The van der Waals surface area contributed by atoms with Gasteiger partial charge in [0.2, 0.25) is 0 Å². The molecule has 0 aliphatic carbocycles. The molecule has 0 fully saturated rings. The second kappa shape index (κ2) is 5.34. The number of pyridine rings is 1. The molecule has 4 nitrogen and oxygen atoms in total. The molecule has 0 aliphatic heterocycles. The first kappa shape index (κ1) is 14.9. The first-order valence-corrected chi connectivity index (χ1v) is 8.60. The fourth-order valence-corrected chi connectivity index (χ4v) is 3.61. The van der Waals surface area contributed by atoms with Crippen LogP contribution in [0.15, 0.2) is 28.3 Å². The summed E-state index contributed by atoms with van der Waals surface area (Å²) in [6, 6.07) is 1.96. The van der Waals surface area contributed by atoms with E-state index in [1.165, 1.54) is 0 Å². The molecule has 3 rings (SSSR count). The summed E-state index contributed by atoms with van der Waals surface area (Å²) in [5.41, 5.74) is 1.29. The van der Waals surface area contributed by atoms with Gasteiger partial charge >= 0.3 is 0 Å². The van der Waals surface area contributed by atoms with Crippen LogP contribution in [0, 0.1) is 0 Å².